The first-order valence-electron chi connectivity index (χ1n) is 7.62. The predicted molar refractivity (Wildman–Crippen MR) is 88.1 cm³/mol. The number of rotatable bonds is 2. The van der Waals surface area contributed by atoms with Crippen LogP contribution < -0.4 is 10.6 Å². The standard InChI is InChI=1S/C16H24BrN3/c1-11-9-19-7-3-4-14(19)10-20(11)13-5-6-15(12(2)18)16(17)8-13/h5-6,8,11-12,14H,3-4,7,9-10,18H2,1-2H3. The second-order valence-electron chi connectivity index (χ2n) is 6.29. The monoisotopic (exact) mass is 337 g/mol. The van der Waals surface area contributed by atoms with Crippen LogP contribution in [0.25, 0.3) is 0 Å². The lowest BCUT2D eigenvalue weighted by Crippen LogP contribution is -2.55. The molecule has 0 amide bonds. The molecule has 3 unspecified atom stereocenters. The highest BCUT2D eigenvalue weighted by Gasteiger charge is 2.34. The summed E-state index contributed by atoms with van der Waals surface area (Å²) in [4.78, 5) is 5.22. The average molecular weight is 338 g/mol. The van der Waals surface area contributed by atoms with Gasteiger partial charge in [0.2, 0.25) is 0 Å². The fraction of sp³-hybridized carbons (Fsp3) is 0.625. The van der Waals surface area contributed by atoms with Crippen LogP contribution in [0.4, 0.5) is 5.69 Å². The number of nitrogens with two attached hydrogens (primary N) is 1. The molecule has 3 atom stereocenters. The normalized spacial score (nSPS) is 28.5. The minimum Gasteiger partial charge on any atom is -0.366 e. The van der Waals surface area contributed by atoms with Crippen molar-refractivity contribution in [1.29, 1.82) is 0 Å². The average Bonchev–Trinajstić information content (AvgIpc) is 2.84. The molecule has 2 aliphatic heterocycles. The number of anilines is 1. The Bertz CT molecular complexity index is 489. The van der Waals surface area contributed by atoms with Crippen LogP contribution in [0.5, 0.6) is 0 Å². The van der Waals surface area contributed by atoms with E-state index in [1.807, 2.05) is 6.92 Å². The van der Waals surface area contributed by atoms with Crippen molar-refractivity contribution in [2.45, 2.75) is 44.8 Å². The van der Waals surface area contributed by atoms with Gasteiger partial charge in [-0.15, -0.1) is 0 Å². The molecule has 1 aromatic carbocycles. The van der Waals surface area contributed by atoms with Crippen LogP contribution in [0.15, 0.2) is 22.7 Å². The molecular weight excluding hydrogens is 314 g/mol. The maximum Gasteiger partial charge on any atom is 0.0389 e. The van der Waals surface area contributed by atoms with Gasteiger partial charge >= 0.3 is 0 Å². The molecule has 2 heterocycles. The van der Waals surface area contributed by atoms with E-state index in [2.05, 4.69) is 50.9 Å². The molecule has 2 saturated heterocycles. The first-order valence-corrected chi connectivity index (χ1v) is 8.41. The van der Waals surface area contributed by atoms with E-state index in [9.17, 15) is 0 Å². The molecule has 0 aromatic heterocycles. The van der Waals surface area contributed by atoms with E-state index in [4.69, 9.17) is 5.73 Å². The van der Waals surface area contributed by atoms with Gasteiger partial charge in [0.1, 0.15) is 0 Å². The van der Waals surface area contributed by atoms with Gasteiger partial charge in [-0.25, -0.2) is 0 Å². The molecule has 2 fully saturated rings. The van der Waals surface area contributed by atoms with Crippen molar-refractivity contribution in [3.63, 3.8) is 0 Å². The van der Waals surface area contributed by atoms with Crippen molar-refractivity contribution in [1.82, 2.24) is 4.90 Å². The summed E-state index contributed by atoms with van der Waals surface area (Å²) in [6.45, 7) is 8.00. The fourth-order valence-corrected chi connectivity index (χ4v) is 4.34. The van der Waals surface area contributed by atoms with E-state index in [-0.39, 0.29) is 6.04 Å². The minimum absolute atomic E-state index is 0.0718. The second kappa shape index (κ2) is 5.66. The number of hydrogen-bond donors (Lipinski definition) is 1. The molecule has 0 radical (unpaired) electrons. The Hall–Kier alpha value is -0.580. The van der Waals surface area contributed by atoms with Gasteiger partial charge in [0.25, 0.3) is 0 Å². The third-order valence-corrected chi connectivity index (χ3v) is 5.43. The van der Waals surface area contributed by atoms with E-state index < -0.39 is 0 Å². The lowest BCUT2D eigenvalue weighted by atomic mass is 10.0. The lowest BCUT2D eigenvalue weighted by molar-refractivity contribution is 0.203. The highest BCUT2D eigenvalue weighted by atomic mass is 79.9. The zero-order chi connectivity index (χ0) is 14.3. The van der Waals surface area contributed by atoms with Crippen molar-refractivity contribution >= 4 is 21.6 Å². The molecular formula is C16H24BrN3. The highest BCUT2D eigenvalue weighted by molar-refractivity contribution is 9.10. The summed E-state index contributed by atoms with van der Waals surface area (Å²) in [5, 5.41) is 0. The van der Waals surface area contributed by atoms with Gasteiger partial charge in [0.15, 0.2) is 0 Å². The number of hydrogen-bond acceptors (Lipinski definition) is 3. The first kappa shape index (κ1) is 14.4. The van der Waals surface area contributed by atoms with Crippen LogP contribution in [0.1, 0.15) is 38.3 Å². The number of piperazine rings is 1. The van der Waals surface area contributed by atoms with Crippen molar-refractivity contribution < 1.29 is 0 Å². The third kappa shape index (κ3) is 2.61. The van der Waals surface area contributed by atoms with Crippen molar-refractivity contribution in [2.75, 3.05) is 24.5 Å². The quantitative estimate of drug-likeness (QED) is 0.899. The van der Waals surface area contributed by atoms with Crippen LogP contribution in [0.2, 0.25) is 0 Å². The first-order chi connectivity index (χ1) is 9.56. The molecule has 2 aliphatic rings. The van der Waals surface area contributed by atoms with Gasteiger partial charge in [-0.2, -0.15) is 0 Å². The lowest BCUT2D eigenvalue weighted by Gasteiger charge is -2.43. The van der Waals surface area contributed by atoms with Gasteiger partial charge in [-0.05, 0) is 50.9 Å². The van der Waals surface area contributed by atoms with E-state index in [0.717, 1.165) is 17.1 Å². The van der Waals surface area contributed by atoms with Crippen LogP contribution in [-0.2, 0) is 0 Å². The molecule has 0 aliphatic carbocycles. The second-order valence-corrected chi connectivity index (χ2v) is 7.14. The molecule has 0 spiro atoms. The summed E-state index contributed by atoms with van der Waals surface area (Å²) >= 11 is 3.67. The summed E-state index contributed by atoms with van der Waals surface area (Å²) in [5.74, 6) is 0. The van der Waals surface area contributed by atoms with Crippen molar-refractivity contribution in [2.24, 2.45) is 5.73 Å². The SMILES string of the molecule is CC(N)c1ccc(N2CC3CCCN3CC2C)cc1Br. The molecule has 4 heteroatoms. The smallest absolute Gasteiger partial charge is 0.0389 e. The van der Waals surface area contributed by atoms with Gasteiger partial charge in [0, 0.05) is 41.4 Å². The van der Waals surface area contributed by atoms with Gasteiger partial charge in [-0.1, -0.05) is 22.0 Å². The Morgan fingerprint density at radius 2 is 2.15 bits per heavy atom. The summed E-state index contributed by atoms with van der Waals surface area (Å²) in [5.41, 5.74) is 8.49. The number of halogens is 1. The molecule has 20 heavy (non-hydrogen) atoms. The molecule has 0 saturated carbocycles. The number of benzene rings is 1. The topological polar surface area (TPSA) is 32.5 Å². The van der Waals surface area contributed by atoms with Gasteiger partial charge < -0.3 is 10.6 Å². The fourth-order valence-electron chi connectivity index (χ4n) is 3.61. The van der Waals surface area contributed by atoms with E-state index in [1.165, 1.54) is 37.2 Å². The highest BCUT2D eigenvalue weighted by Crippen LogP contribution is 2.32. The van der Waals surface area contributed by atoms with Crippen LogP contribution in [0, 0.1) is 0 Å². The zero-order valence-electron chi connectivity index (χ0n) is 12.3. The zero-order valence-corrected chi connectivity index (χ0v) is 13.9. The minimum atomic E-state index is 0.0718. The largest absolute Gasteiger partial charge is 0.366 e. The molecule has 110 valence electrons. The van der Waals surface area contributed by atoms with Crippen LogP contribution >= 0.6 is 15.9 Å². The summed E-state index contributed by atoms with van der Waals surface area (Å²) in [6.07, 6.45) is 2.71. The Kier molecular flexibility index (Phi) is 4.07. The van der Waals surface area contributed by atoms with E-state index in [1.54, 1.807) is 0 Å². The molecule has 2 N–H and O–H groups in total. The summed E-state index contributed by atoms with van der Waals surface area (Å²) < 4.78 is 1.13. The molecule has 3 rings (SSSR count). The number of nitrogens with zero attached hydrogens (tertiary/aromatic N) is 2. The van der Waals surface area contributed by atoms with Crippen LogP contribution in [0.3, 0.4) is 0 Å². The Labute approximate surface area is 130 Å². The number of fused-ring (bicyclic) bond motifs is 1. The van der Waals surface area contributed by atoms with E-state index in [0.29, 0.717) is 6.04 Å². The summed E-state index contributed by atoms with van der Waals surface area (Å²) in [6, 6.07) is 8.03. The van der Waals surface area contributed by atoms with Gasteiger partial charge in [0.05, 0.1) is 0 Å². The predicted octanol–water partition coefficient (Wildman–Crippen LogP) is 3.14. The molecule has 0 bridgehead atoms. The summed E-state index contributed by atoms with van der Waals surface area (Å²) in [7, 11) is 0. The van der Waals surface area contributed by atoms with Crippen molar-refractivity contribution in [3.05, 3.63) is 28.2 Å². The van der Waals surface area contributed by atoms with E-state index >= 15 is 0 Å². The Morgan fingerprint density at radius 3 is 2.85 bits per heavy atom. The maximum atomic E-state index is 5.99. The third-order valence-electron chi connectivity index (χ3n) is 4.74. The van der Waals surface area contributed by atoms with Crippen LogP contribution in [-0.4, -0.2) is 36.6 Å². The Morgan fingerprint density at radius 1 is 1.35 bits per heavy atom. The molecule has 1 aromatic rings. The van der Waals surface area contributed by atoms with Crippen molar-refractivity contribution in [3.8, 4) is 0 Å². The Balaban J connectivity index is 1.83. The van der Waals surface area contributed by atoms with Gasteiger partial charge in [-0.3, -0.25) is 4.90 Å². The maximum absolute atomic E-state index is 5.99. The molecule has 3 nitrogen and oxygen atoms in total.